The lowest BCUT2D eigenvalue weighted by Gasteiger charge is -2.31. The van der Waals surface area contributed by atoms with Crippen LogP contribution in [-0.4, -0.2) is 38.7 Å². The number of methoxy groups -OCH3 is 1. The summed E-state index contributed by atoms with van der Waals surface area (Å²) < 4.78 is 31.5. The number of hydrogen-bond acceptors (Lipinski definition) is 3. The molecule has 0 amide bonds. The molecule has 0 fully saturated rings. The molecule has 114 valence electrons. The van der Waals surface area contributed by atoms with E-state index >= 15 is 0 Å². The Bertz CT molecular complexity index is 499. The molecule has 0 unspecified atom stereocenters. The Balaban J connectivity index is 3.04. The summed E-state index contributed by atoms with van der Waals surface area (Å²) in [6.07, 6.45) is -0.314. The molecule has 0 saturated heterocycles. The quantitative estimate of drug-likeness (QED) is 0.777. The molecular formula is C15H25NO3S. The summed E-state index contributed by atoms with van der Waals surface area (Å²) in [5, 5.41) is 0. The maximum absolute atomic E-state index is 12.5. The average molecular weight is 299 g/mol. The van der Waals surface area contributed by atoms with Crippen LogP contribution >= 0.6 is 0 Å². The van der Waals surface area contributed by atoms with Crippen molar-refractivity contribution in [2.75, 3.05) is 19.9 Å². The maximum atomic E-state index is 12.5. The zero-order chi connectivity index (χ0) is 15.3. The van der Waals surface area contributed by atoms with Crippen molar-refractivity contribution in [3.63, 3.8) is 0 Å². The molecule has 0 aliphatic heterocycles. The summed E-state index contributed by atoms with van der Waals surface area (Å²) in [6.45, 7) is 5.82. The van der Waals surface area contributed by atoms with Gasteiger partial charge in [0.15, 0.2) is 0 Å². The molecule has 0 spiro atoms. The predicted octanol–water partition coefficient (Wildman–Crippen LogP) is 2.68. The van der Waals surface area contributed by atoms with Gasteiger partial charge < -0.3 is 4.74 Å². The molecule has 0 saturated carbocycles. The number of ether oxygens (including phenoxy) is 1. The van der Waals surface area contributed by atoms with E-state index in [1.54, 1.807) is 14.0 Å². The molecule has 4 nitrogen and oxygen atoms in total. The van der Waals surface area contributed by atoms with Crippen molar-refractivity contribution < 1.29 is 13.2 Å². The molecule has 1 rings (SSSR count). The Morgan fingerprint density at radius 3 is 2.15 bits per heavy atom. The third-order valence-corrected chi connectivity index (χ3v) is 5.45. The summed E-state index contributed by atoms with van der Waals surface area (Å²) in [5.74, 6) is 0.186. The summed E-state index contributed by atoms with van der Waals surface area (Å²) in [4.78, 5) is 0. The summed E-state index contributed by atoms with van der Waals surface area (Å²) in [7, 11) is -0.182. The topological polar surface area (TPSA) is 46.6 Å². The summed E-state index contributed by atoms with van der Waals surface area (Å²) in [5.41, 5.74) is 1.01. The Kier molecular flexibility index (Phi) is 6.17. The maximum Gasteiger partial charge on any atom is 0.216 e. The fraction of sp³-hybridized carbons (Fsp3) is 0.600. The first kappa shape index (κ1) is 17.1. The second-order valence-electron chi connectivity index (χ2n) is 5.44. The van der Waals surface area contributed by atoms with Crippen LogP contribution in [0.1, 0.15) is 32.4 Å². The van der Waals surface area contributed by atoms with Gasteiger partial charge in [0.05, 0.1) is 17.9 Å². The van der Waals surface area contributed by atoms with Gasteiger partial charge in [-0.3, -0.25) is 0 Å². The molecule has 1 aromatic carbocycles. The molecule has 0 aliphatic carbocycles. The number of benzene rings is 1. The predicted molar refractivity (Wildman–Crippen MR) is 82.0 cm³/mol. The SMILES string of the molecule is CO[C@@H](C)CS(=O)(=O)N(C)[C@@H](c1ccccc1)C(C)C. The van der Waals surface area contributed by atoms with E-state index in [2.05, 4.69) is 0 Å². The summed E-state index contributed by atoms with van der Waals surface area (Å²) >= 11 is 0. The van der Waals surface area contributed by atoms with Crippen LogP contribution in [0.15, 0.2) is 30.3 Å². The van der Waals surface area contributed by atoms with E-state index < -0.39 is 10.0 Å². The van der Waals surface area contributed by atoms with Crippen LogP contribution in [0.4, 0.5) is 0 Å². The highest BCUT2D eigenvalue weighted by molar-refractivity contribution is 7.89. The minimum Gasteiger partial charge on any atom is -0.381 e. The van der Waals surface area contributed by atoms with Gasteiger partial charge in [-0.1, -0.05) is 44.2 Å². The zero-order valence-electron chi connectivity index (χ0n) is 12.9. The van der Waals surface area contributed by atoms with Gasteiger partial charge in [-0.05, 0) is 18.4 Å². The Labute approximate surface area is 122 Å². The van der Waals surface area contributed by atoms with Crippen molar-refractivity contribution >= 4 is 10.0 Å². The molecule has 5 heteroatoms. The van der Waals surface area contributed by atoms with Crippen LogP contribution in [0.2, 0.25) is 0 Å². The van der Waals surface area contributed by atoms with Crippen LogP contribution < -0.4 is 0 Å². The van der Waals surface area contributed by atoms with Crippen LogP contribution in [-0.2, 0) is 14.8 Å². The van der Waals surface area contributed by atoms with Crippen LogP contribution in [0.5, 0.6) is 0 Å². The Hall–Kier alpha value is -0.910. The van der Waals surface area contributed by atoms with E-state index in [9.17, 15) is 8.42 Å². The van der Waals surface area contributed by atoms with E-state index in [0.29, 0.717) is 0 Å². The molecule has 0 bridgehead atoms. The van der Waals surface area contributed by atoms with Gasteiger partial charge in [0.1, 0.15) is 0 Å². The van der Waals surface area contributed by atoms with E-state index in [1.165, 1.54) is 11.4 Å². The zero-order valence-corrected chi connectivity index (χ0v) is 13.7. The molecule has 0 aromatic heterocycles. The molecule has 0 aliphatic rings. The van der Waals surface area contributed by atoms with Crippen molar-refractivity contribution in [1.82, 2.24) is 4.31 Å². The molecule has 0 N–H and O–H groups in total. The summed E-state index contributed by atoms with van der Waals surface area (Å²) in [6, 6.07) is 9.58. The molecule has 1 aromatic rings. The number of nitrogens with zero attached hydrogens (tertiary/aromatic N) is 1. The van der Waals surface area contributed by atoms with Crippen LogP contribution in [0.3, 0.4) is 0 Å². The molecule has 2 atom stereocenters. The lowest BCUT2D eigenvalue weighted by Crippen LogP contribution is -2.38. The molecule has 20 heavy (non-hydrogen) atoms. The fourth-order valence-electron chi connectivity index (χ4n) is 2.32. The molecular weight excluding hydrogens is 274 g/mol. The van der Waals surface area contributed by atoms with Gasteiger partial charge in [-0.15, -0.1) is 0 Å². The third-order valence-electron chi connectivity index (χ3n) is 3.45. The molecule has 0 heterocycles. The van der Waals surface area contributed by atoms with Crippen molar-refractivity contribution in [2.24, 2.45) is 5.92 Å². The second kappa shape index (κ2) is 7.20. The second-order valence-corrected chi connectivity index (χ2v) is 7.51. The first-order chi connectivity index (χ1) is 9.29. The highest BCUT2D eigenvalue weighted by Crippen LogP contribution is 2.29. The average Bonchev–Trinajstić information content (AvgIpc) is 2.39. The number of sulfonamides is 1. The highest BCUT2D eigenvalue weighted by atomic mass is 32.2. The number of rotatable bonds is 7. The monoisotopic (exact) mass is 299 g/mol. The van der Waals surface area contributed by atoms with Crippen molar-refractivity contribution in [3.8, 4) is 0 Å². The van der Waals surface area contributed by atoms with E-state index in [1.807, 2.05) is 44.2 Å². The van der Waals surface area contributed by atoms with Gasteiger partial charge in [-0.2, -0.15) is 4.31 Å². The number of hydrogen-bond donors (Lipinski definition) is 0. The smallest absolute Gasteiger partial charge is 0.216 e. The Morgan fingerprint density at radius 1 is 1.15 bits per heavy atom. The minimum absolute atomic E-state index is 0.00392. The first-order valence-electron chi connectivity index (χ1n) is 6.83. The normalized spacial score (nSPS) is 15.6. The van der Waals surface area contributed by atoms with Crippen LogP contribution in [0.25, 0.3) is 0 Å². The largest absolute Gasteiger partial charge is 0.381 e. The molecule has 0 radical (unpaired) electrons. The highest BCUT2D eigenvalue weighted by Gasteiger charge is 2.30. The lowest BCUT2D eigenvalue weighted by atomic mass is 9.96. The van der Waals surface area contributed by atoms with Crippen molar-refractivity contribution in [2.45, 2.75) is 32.9 Å². The van der Waals surface area contributed by atoms with Gasteiger partial charge >= 0.3 is 0 Å². The van der Waals surface area contributed by atoms with E-state index in [-0.39, 0.29) is 23.8 Å². The van der Waals surface area contributed by atoms with Gasteiger partial charge in [0.2, 0.25) is 10.0 Å². The van der Waals surface area contributed by atoms with Gasteiger partial charge in [0.25, 0.3) is 0 Å². The standard InChI is InChI=1S/C15H25NO3S/c1-12(2)15(14-9-7-6-8-10-14)16(4)20(17,18)11-13(3)19-5/h6-10,12-13,15H,11H2,1-5H3/t13-,15+/m0/s1. The van der Waals surface area contributed by atoms with Crippen molar-refractivity contribution in [3.05, 3.63) is 35.9 Å². The lowest BCUT2D eigenvalue weighted by molar-refractivity contribution is 0.134. The first-order valence-corrected chi connectivity index (χ1v) is 8.44. The fourth-order valence-corrected chi connectivity index (χ4v) is 4.00. The van der Waals surface area contributed by atoms with Crippen LogP contribution in [0, 0.1) is 5.92 Å². The van der Waals surface area contributed by atoms with Gasteiger partial charge in [-0.25, -0.2) is 8.42 Å². The Morgan fingerprint density at radius 2 is 1.70 bits per heavy atom. The van der Waals surface area contributed by atoms with E-state index in [4.69, 9.17) is 4.74 Å². The van der Waals surface area contributed by atoms with Gasteiger partial charge in [0, 0.05) is 14.2 Å². The third kappa shape index (κ3) is 4.30. The minimum atomic E-state index is -3.36. The van der Waals surface area contributed by atoms with E-state index in [0.717, 1.165) is 5.56 Å². The van der Waals surface area contributed by atoms with Crippen molar-refractivity contribution in [1.29, 1.82) is 0 Å².